The van der Waals surface area contributed by atoms with Gasteiger partial charge < -0.3 is 10.6 Å². The molecule has 0 unspecified atom stereocenters. The number of nitrogens with zero attached hydrogens (tertiary/aromatic N) is 3. The lowest BCUT2D eigenvalue weighted by Crippen LogP contribution is -2.18. The monoisotopic (exact) mass is 426 g/mol. The Labute approximate surface area is 177 Å². The summed E-state index contributed by atoms with van der Waals surface area (Å²) >= 11 is 1.36. The van der Waals surface area contributed by atoms with Crippen LogP contribution in [0.2, 0.25) is 0 Å². The van der Waals surface area contributed by atoms with Crippen molar-refractivity contribution in [3.63, 3.8) is 0 Å². The van der Waals surface area contributed by atoms with E-state index in [9.17, 15) is 14.4 Å². The second-order valence-corrected chi connectivity index (χ2v) is 7.75. The van der Waals surface area contributed by atoms with Gasteiger partial charge in [0, 0.05) is 25.1 Å². The van der Waals surface area contributed by atoms with Gasteiger partial charge in [-0.3, -0.25) is 14.6 Å². The normalized spacial score (nSPS) is 10.6. The molecule has 9 nitrogen and oxygen atoms in total. The number of aromatic amines is 1. The number of unbranched alkanes of at least 4 members (excludes halogenated alkanes) is 1. The zero-order valence-corrected chi connectivity index (χ0v) is 17.3. The number of carbonyl (C=O) groups excluding carboxylic acids is 2. The quantitative estimate of drug-likeness (QED) is 0.450. The van der Waals surface area contributed by atoms with E-state index in [1.807, 2.05) is 30.3 Å². The fourth-order valence-corrected chi connectivity index (χ4v) is 3.64. The lowest BCUT2D eigenvalue weighted by Gasteiger charge is -2.08. The molecule has 0 saturated carbocycles. The summed E-state index contributed by atoms with van der Waals surface area (Å²) < 4.78 is 0. The molecular formula is C20H22N6O3S. The molecule has 2 amide bonds. The van der Waals surface area contributed by atoms with Crippen LogP contribution in [0.25, 0.3) is 0 Å². The smallest absolute Gasteiger partial charge is 0.312 e. The van der Waals surface area contributed by atoms with Crippen LogP contribution in [-0.2, 0) is 28.9 Å². The molecule has 0 saturated heterocycles. The number of H-pyrrole nitrogens is 1. The number of hydrogen-bond donors (Lipinski definition) is 3. The van der Waals surface area contributed by atoms with Gasteiger partial charge >= 0.3 is 5.69 Å². The molecule has 0 spiro atoms. The SMILES string of the molecule is CC(=O)Nc1[nH]c(=O)ncc1CCCCc1nnc(NC(=O)Cc2ccccc2)s1. The van der Waals surface area contributed by atoms with Gasteiger partial charge in [-0.15, -0.1) is 10.2 Å². The Morgan fingerprint density at radius 1 is 1.07 bits per heavy atom. The van der Waals surface area contributed by atoms with E-state index in [1.165, 1.54) is 24.5 Å². The van der Waals surface area contributed by atoms with Crippen LogP contribution in [0.15, 0.2) is 41.3 Å². The summed E-state index contributed by atoms with van der Waals surface area (Å²) in [5.41, 5.74) is 1.21. The number of aryl methyl sites for hydroxylation is 2. The Kier molecular flexibility index (Phi) is 7.39. The zero-order chi connectivity index (χ0) is 21.3. The first-order valence-corrected chi connectivity index (χ1v) is 10.3. The van der Waals surface area contributed by atoms with Crippen LogP contribution in [0.3, 0.4) is 0 Å². The molecule has 0 atom stereocenters. The van der Waals surface area contributed by atoms with E-state index < -0.39 is 5.69 Å². The van der Waals surface area contributed by atoms with Crippen LogP contribution >= 0.6 is 11.3 Å². The third-order valence-corrected chi connectivity index (χ3v) is 5.10. The van der Waals surface area contributed by atoms with Crippen molar-refractivity contribution in [2.45, 2.75) is 39.0 Å². The number of benzene rings is 1. The first-order chi connectivity index (χ1) is 14.5. The molecule has 0 bridgehead atoms. The van der Waals surface area contributed by atoms with Crippen molar-refractivity contribution < 1.29 is 9.59 Å². The Morgan fingerprint density at radius 3 is 2.60 bits per heavy atom. The Balaban J connectivity index is 1.45. The Morgan fingerprint density at radius 2 is 1.83 bits per heavy atom. The summed E-state index contributed by atoms with van der Waals surface area (Å²) in [7, 11) is 0. The maximum Gasteiger partial charge on any atom is 0.346 e. The van der Waals surface area contributed by atoms with Gasteiger partial charge in [0.05, 0.1) is 6.42 Å². The van der Waals surface area contributed by atoms with Crippen molar-refractivity contribution >= 4 is 34.1 Å². The molecule has 2 aromatic heterocycles. The van der Waals surface area contributed by atoms with Crippen molar-refractivity contribution in [2.24, 2.45) is 0 Å². The van der Waals surface area contributed by atoms with E-state index in [0.29, 0.717) is 23.8 Å². The van der Waals surface area contributed by atoms with Crippen LogP contribution in [0, 0.1) is 0 Å². The minimum Gasteiger partial charge on any atom is -0.312 e. The summed E-state index contributed by atoms with van der Waals surface area (Å²) in [5, 5.41) is 14.9. The van der Waals surface area contributed by atoms with Gasteiger partial charge in [-0.1, -0.05) is 41.7 Å². The predicted molar refractivity (Wildman–Crippen MR) is 114 cm³/mol. The van der Waals surface area contributed by atoms with Crippen LogP contribution in [0.1, 0.15) is 35.9 Å². The Hall–Kier alpha value is -3.40. The second kappa shape index (κ2) is 10.4. The first kappa shape index (κ1) is 21.3. The molecule has 0 aliphatic carbocycles. The van der Waals surface area contributed by atoms with Crippen molar-refractivity contribution in [3.8, 4) is 0 Å². The van der Waals surface area contributed by atoms with E-state index in [-0.39, 0.29) is 11.8 Å². The van der Waals surface area contributed by atoms with Crippen LogP contribution in [0.4, 0.5) is 10.9 Å². The van der Waals surface area contributed by atoms with Crippen LogP contribution < -0.4 is 16.3 Å². The highest BCUT2D eigenvalue weighted by molar-refractivity contribution is 7.15. The number of carbonyl (C=O) groups is 2. The number of aromatic nitrogens is 4. The maximum atomic E-state index is 12.1. The van der Waals surface area contributed by atoms with E-state index in [1.54, 1.807) is 0 Å². The predicted octanol–water partition coefficient (Wildman–Crippen LogP) is 2.33. The van der Waals surface area contributed by atoms with Crippen LogP contribution in [-0.4, -0.2) is 32.0 Å². The summed E-state index contributed by atoms with van der Waals surface area (Å²) in [6, 6.07) is 9.51. The van der Waals surface area contributed by atoms with Gasteiger partial charge in [0.1, 0.15) is 10.8 Å². The fourth-order valence-electron chi connectivity index (χ4n) is 2.84. The third-order valence-electron chi connectivity index (χ3n) is 4.20. The van der Waals surface area contributed by atoms with E-state index >= 15 is 0 Å². The highest BCUT2D eigenvalue weighted by Crippen LogP contribution is 2.19. The third kappa shape index (κ3) is 6.59. The highest BCUT2D eigenvalue weighted by atomic mass is 32.1. The molecule has 10 heteroatoms. The molecule has 0 aliphatic rings. The first-order valence-electron chi connectivity index (χ1n) is 9.51. The average molecular weight is 427 g/mol. The van der Waals surface area contributed by atoms with Crippen molar-refractivity contribution in [1.82, 2.24) is 20.2 Å². The topological polar surface area (TPSA) is 130 Å². The minimum absolute atomic E-state index is 0.125. The van der Waals surface area contributed by atoms with Crippen molar-refractivity contribution in [2.75, 3.05) is 10.6 Å². The molecule has 3 N–H and O–H groups in total. The standard InChI is InChI=1S/C20H22N6O3S/c1-13(27)22-18-15(12-21-19(29)24-18)9-5-6-10-17-25-26-20(30-17)23-16(28)11-14-7-3-2-4-8-14/h2-4,7-8,12H,5-6,9-11H2,1H3,(H,23,26,28)(H2,21,22,24,27,29). The number of amides is 2. The largest absolute Gasteiger partial charge is 0.346 e. The zero-order valence-electron chi connectivity index (χ0n) is 16.5. The summed E-state index contributed by atoms with van der Waals surface area (Å²) in [6.07, 6.45) is 4.80. The molecule has 1 aromatic carbocycles. The van der Waals surface area contributed by atoms with Gasteiger partial charge in [-0.25, -0.2) is 9.78 Å². The summed E-state index contributed by atoms with van der Waals surface area (Å²) in [6.45, 7) is 1.38. The van der Waals surface area contributed by atoms with Crippen molar-refractivity contribution in [1.29, 1.82) is 0 Å². The van der Waals surface area contributed by atoms with E-state index in [2.05, 4.69) is 30.8 Å². The number of rotatable bonds is 9. The molecule has 0 fully saturated rings. The van der Waals surface area contributed by atoms with Gasteiger partial charge in [-0.2, -0.15) is 0 Å². The fraction of sp³-hybridized carbons (Fsp3) is 0.300. The molecule has 3 rings (SSSR count). The summed E-state index contributed by atoms with van der Waals surface area (Å²) in [5.74, 6) is 0.00982. The van der Waals surface area contributed by atoms with E-state index in [0.717, 1.165) is 35.4 Å². The molecule has 0 aliphatic heterocycles. The number of nitrogens with one attached hydrogen (secondary N) is 3. The summed E-state index contributed by atoms with van der Waals surface area (Å²) in [4.78, 5) is 41.0. The van der Waals surface area contributed by atoms with E-state index in [4.69, 9.17) is 0 Å². The van der Waals surface area contributed by atoms with Gasteiger partial charge in [0.2, 0.25) is 16.9 Å². The Bertz CT molecular complexity index is 1060. The van der Waals surface area contributed by atoms with Crippen molar-refractivity contribution in [3.05, 3.63) is 63.1 Å². The molecule has 30 heavy (non-hydrogen) atoms. The molecule has 0 radical (unpaired) electrons. The van der Waals surface area contributed by atoms with Gasteiger partial charge in [0.15, 0.2) is 0 Å². The molecule has 156 valence electrons. The lowest BCUT2D eigenvalue weighted by molar-refractivity contribution is -0.116. The average Bonchev–Trinajstić information content (AvgIpc) is 3.14. The van der Waals surface area contributed by atoms with Crippen LogP contribution in [0.5, 0.6) is 0 Å². The molecule has 3 aromatic rings. The highest BCUT2D eigenvalue weighted by Gasteiger charge is 2.10. The second-order valence-electron chi connectivity index (χ2n) is 6.69. The number of anilines is 2. The molecular weight excluding hydrogens is 404 g/mol. The maximum absolute atomic E-state index is 12.1. The van der Waals surface area contributed by atoms with Gasteiger partial charge in [-0.05, 0) is 24.8 Å². The lowest BCUT2D eigenvalue weighted by atomic mass is 10.1. The van der Waals surface area contributed by atoms with Gasteiger partial charge in [0.25, 0.3) is 0 Å². The molecule has 2 heterocycles. The number of hydrogen-bond acceptors (Lipinski definition) is 7. The minimum atomic E-state index is -0.502.